The predicted octanol–water partition coefficient (Wildman–Crippen LogP) is 2.37. The molecule has 0 radical (unpaired) electrons. The summed E-state index contributed by atoms with van der Waals surface area (Å²) in [6.07, 6.45) is 0.621. The van der Waals surface area contributed by atoms with Crippen LogP contribution in [0.1, 0.15) is 5.56 Å². The second kappa shape index (κ2) is 4.30. The molecule has 0 saturated heterocycles. The largest absolute Gasteiger partial charge is 0.340 e. The summed E-state index contributed by atoms with van der Waals surface area (Å²) in [6, 6.07) is 17.4. The lowest BCUT2D eigenvalue weighted by molar-refractivity contribution is -0.128. The number of quaternary nitrogens is 1. The minimum atomic E-state index is -0.444. The van der Waals surface area contributed by atoms with Crippen LogP contribution >= 0.6 is 0 Å². The molecule has 2 aromatic carbocycles. The van der Waals surface area contributed by atoms with Crippen LogP contribution in [0.4, 0.5) is 11.4 Å². The Morgan fingerprint density at radius 3 is 2.42 bits per heavy atom. The third kappa shape index (κ3) is 1.70. The number of benzene rings is 2. The Labute approximate surface area is 112 Å². The van der Waals surface area contributed by atoms with Crippen molar-refractivity contribution < 1.29 is 4.79 Å². The molecule has 1 aliphatic heterocycles. The minimum absolute atomic E-state index is 0.0462. The summed E-state index contributed by atoms with van der Waals surface area (Å²) < 4.78 is 0.151. The minimum Gasteiger partial charge on any atom is -0.316 e. The van der Waals surface area contributed by atoms with Gasteiger partial charge in [0.1, 0.15) is 17.4 Å². The first-order valence-electron chi connectivity index (χ1n) is 6.44. The molecule has 0 aromatic heterocycles. The van der Waals surface area contributed by atoms with E-state index in [0.29, 0.717) is 6.42 Å². The first-order valence-corrected chi connectivity index (χ1v) is 6.44. The lowest BCUT2D eigenvalue weighted by Gasteiger charge is -2.37. The van der Waals surface area contributed by atoms with E-state index < -0.39 is 6.04 Å². The van der Waals surface area contributed by atoms with E-state index in [1.54, 1.807) is 0 Å². The molecule has 0 spiro atoms. The Bertz CT molecular complexity index is 624. The maximum Gasteiger partial charge on any atom is 0.340 e. The maximum atomic E-state index is 12.7. The van der Waals surface area contributed by atoms with Crippen LogP contribution in [0, 0.1) is 0 Å². The molecule has 2 N–H and O–H groups in total. The highest BCUT2D eigenvalue weighted by molar-refractivity contribution is 6.00. The van der Waals surface area contributed by atoms with Crippen molar-refractivity contribution in [1.29, 1.82) is 0 Å². The van der Waals surface area contributed by atoms with Crippen LogP contribution in [-0.2, 0) is 11.2 Å². The van der Waals surface area contributed by atoms with Crippen molar-refractivity contribution in [2.75, 3.05) is 7.05 Å². The Morgan fingerprint density at radius 1 is 1.05 bits per heavy atom. The molecular weight excluding hydrogens is 236 g/mol. The van der Waals surface area contributed by atoms with Gasteiger partial charge in [-0.3, -0.25) is 0 Å². The first kappa shape index (κ1) is 12.1. The second-order valence-corrected chi connectivity index (χ2v) is 5.12. The number of fused-ring (bicyclic) bond motifs is 1. The number of carbonyl (C=O) groups excluding carboxylic acids is 1. The molecule has 2 atom stereocenters. The Hall–Kier alpha value is -1.97. The predicted molar refractivity (Wildman–Crippen MR) is 76.9 cm³/mol. The zero-order chi connectivity index (χ0) is 13.5. The van der Waals surface area contributed by atoms with E-state index in [4.69, 9.17) is 5.73 Å². The third-order valence-electron chi connectivity index (χ3n) is 3.94. The Morgan fingerprint density at radius 2 is 1.68 bits per heavy atom. The molecule has 2 aromatic rings. The van der Waals surface area contributed by atoms with E-state index in [9.17, 15) is 4.79 Å². The van der Waals surface area contributed by atoms with E-state index in [1.165, 1.54) is 0 Å². The van der Waals surface area contributed by atoms with Gasteiger partial charge in [-0.1, -0.05) is 36.4 Å². The Kier molecular flexibility index (Phi) is 2.73. The van der Waals surface area contributed by atoms with Gasteiger partial charge in [0.25, 0.3) is 0 Å². The molecule has 0 aliphatic carbocycles. The van der Waals surface area contributed by atoms with Gasteiger partial charge in [-0.2, -0.15) is 4.48 Å². The summed E-state index contributed by atoms with van der Waals surface area (Å²) in [5.74, 6) is 0.0462. The fourth-order valence-corrected chi connectivity index (χ4v) is 2.89. The SMILES string of the molecule is C[N+]1(c2ccccc2)C(=O)C(N)Cc2ccccc21. The molecule has 3 nitrogen and oxygen atoms in total. The molecule has 3 rings (SSSR count). The van der Waals surface area contributed by atoms with E-state index in [-0.39, 0.29) is 10.4 Å². The highest BCUT2D eigenvalue weighted by Crippen LogP contribution is 2.39. The molecule has 0 bridgehead atoms. The van der Waals surface area contributed by atoms with Crippen molar-refractivity contribution >= 4 is 17.3 Å². The highest BCUT2D eigenvalue weighted by Gasteiger charge is 2.45. The second-order valence-electron chi connectivity index (χ2n) is 5.12. The summed E-state index contributed by atoms with van der Waals surface area (Å²) >= 11 is 0. The van der Waals surface area contributed by atoms with Gasteiger partial charge < -0.3 is 5.73 Å². The number of rotatable bonds is 1. The number of nitrogens with two attached hydrogens (primary N) is 1. The number of nitrogens with zero attached hydrogens (tertiary/aromatic N) is 1. The fraction of sp³-hybridized carbons (Fsp3) is 0.188. The van der Waals surface area contributed by atoms with Crippen LogP contribution in [0.2, 0.25) is 0 Å². The Balaban J connectivity index is 2.26. The molecule has 19 heavy (non-hydrogen) atoms. The van der Waals surface area contributed by atoms with E-state index >= 15 is 0 Å². The number of hydrogen-bond donors (Lipinski definition) is 1. The molecule has 96 valence electrons. The van der Waals surface area contributed by atoms with Gasteiger partial charge in [-0.25, -0.2) is 4.79 Å². The van der Waals surface area contributed by atoms with Gasteiger partial charge in [0.2, 0.25) is 0 Å². The molecule has 1 aliphatic rings. The lowest BCUT2D eigenvalue weighted by atomic mass is 9.94. The molecule has 1 amide bonds. The van der Waals surface area contributed by atoms with Gasteiger partial charge in [0.15, 0.2) is 0 Å². The van der Waals surface area contributed by atoms with Crippen molar-refractivity contribution in [2.45, 2.75) is 12.5 Å². The average Bonchev–Trinajstić information content (AvgIpc) is 2.46. The van der Waals surface area contributed by atoms with Crippen LogP contribution < -0.4 is 10.2 Å². The first-order chi connectivity index (χ1) is 9.14. The zero-order valence-electron chi connectivity index (χ0n) is 10.9. The van der Waals surface area contributed by atoms with Crippen LogP contribution in [0.25, 0.3) is 0 Å². The highest BCUT2D eigenvalue weighted by atomic mass is 16.2. The topological polar surface area (TPSA) is 43.1 Å². The van der Waals surface area contributed by atoms with Crippen molar-refractivity contribution in [2.24, 2.45) is 5.73 Å². The van der Waals surface area contributed by atoms with Gasteiger partial charge >= 0.3 is 5.91 Å². The zero-order valence-corrected chi connectivity index (χ0v) is 10.9. The molecular formula is C16H17N2O+. The van der Waals surface area contributed by atoms with Gasteiger partial charge in [-0.15, -0.1) is 0 Å². The lowest BCUT2D eigenvalue weighted by Crippen LogP contribution is -2.58. The molecule has 0 fully saturated rings. The molecule has 0 saturated carbocycles. The summed E-state index contributed by atoms with van der Waals surface area (Å²) in [5, 5.41) is 0. The number of para-hydroxylation sites is 2. The summed E-state index contributed by atoms with van der Waals surface area (Å²) in [4.78, 5) is 12.7. The van der Waals surface area contributed by atoms with Crippen molar-refractivity contribution in [3.05, 3.63) is 60.2 Å². The fourth-order valence-electron chi connectivity index (χ4n) is 2.89. The van der Waals surface area contributed by atoms with Crippen molar-refractivity contribution in [3.8, 4) is 0 Å². The smallest absolute Gasteiger partial charge is 0.316 e. The number of carbonyl (C=O) groups is 1. The van der Waals surface area contributed by atoms with Crippen LogP contribution in [0.5, 0.6) is 0 Å². The van der Waals surface area contributed by atoms with E-state index in [0.717, 1.165) is 16.9 Å². The maximum absolute atomic E-state index is 12.7. The van der Waals surface area contributed by atoms with Crippen molar-refractivity contribution in [3.63, 3.8) is 0 Å². The molecule has 3 heteroatoms. The summed E-state index contributed by atoms with van der Waals surface area (Å²) in [6.45, 7) is 0. The molecule has 1 heterocycles. The van der Waals surface area contributed by atoms with Gasteiger partial charge in [0, 0.05) is 30.2 Å². The molecule has 2 unspecified atom stereocenters. The van der Waals surface area contributed by atoms with Crippen LogP contribution in [0.15, 0.2) is 54.6 Å². The monoisotopic (exact) mass is 253 g/mol. The van der Waals surface area contributed by atoms with E-state index in [1.807, 2.05) is 55.6 Å². The number of amides is 1. The summed E-state index contributed by atoms with van der Waals surface area (Å²) in [5.41, 5.74) is 9.18. The number of likely N-dealkylation sites (N-methyl/N-ethyl adjacent to an activating group) is 1. The van der Waals surface area contributed by atoms with E-state index in [2.05, 4.69) is 6.07 Å². The summed E-state index contributed by atoms with van der Waals surface area (Å²) in [7, 11) is 1.93. The standard InChI is InChI=1S/C16H17N2O/c1-18(13-8-3-2-4-9-13)15-10-6-5-7-12(15)11-14(17)16(18)19/h2-10,14H,11,17H2,1H3/q+1. The van der Waals surface area contributed by atoms with Crippen LogP contribution in [-0.4, -0.2) is 19.0 Å². The average molecular weight is 253 g/mol. The van der Waals surface area contributed by atoms with Gasteiger partial charge in [0.05, 0.1) is 7.05 Å². The van der Waals surface area contributed by atoms with Crippen molar-refractivity contribution in [1.82, 2.24) is 4.48 Å². The quantitative estimate of drug-likeness (QED) is 0.793. The number of hydrogen-bond acceptors (Lipinski definition) is 2. The van der Waals surface area contributed by atoms with Gasteiger partial charge in [-0.05, 0) is 0 Å². The van der Waals surface area contributed by atoms with Crippen LogP contribution in [0.3, 0.4) is 0 Å². The third-order valence-corrected chi connectivity index (χ3v) is 3.94. The normalized spacial score (nSPS) is 26.0.